The van der Waals surface area contributed by atoms with E-state index in [1.807, 2.05) is 6.07 Å². The molecule has 42 heavy (non-hydrogen) atoms. The van der Waals surface area contributed by atoms with Gasteiger partial charge in [-0.1, -0.05) is 43.1 Å². The Morgan fingerprint density at radius 3 is 2.55 bits per heavy atom. The quantitative estimate of drug-likeness (QED) is 0.384. The molecular weight excluding hydrogens is 584 g/mol. The zero-order valence-corrected chi connectivity index (χ0v) is 24.9. The molecule has 2 aromatic rings. The number of rotatable bonds is 4. The minimum atomic E-state index is -1.35. The first-order chi connectivity index (χ1) is 19.9. The third kappa shape index (κ3) is 4.49. The van der Waals surface area contributed by atoms with Gasteiger partial charge < -0.3 is 21.1 Å². The smallest absolute Gasteiger partial charge is 0.246 e. The third-order valence-electron chi connectivity index (χ3n) is 9.89. The van der Waals surface area contributed by atoms with Crippen LogP contribution < -0.4 is 21.7 Å². The van der Waals surface area contributed by atoms with Crippen molar-refractivity contribution in [1.29, 1.82) is 0 Å². The van der Waals surface area contributed by atoms with Crippen molar-refractivity contribution < 1.29 is 23.5 Å². The number of pyridine rings is 1. The second-order valence-electron chi connectivity index (χ2n) is 12.8. The maximum atomic E-state index is 16.0. The van der Waals surface area contributed by atoms with E-state index in [-0.39, 0.29) is 34.7 Å². The van der Waals surface area contributed by atoms with Crippen LogP contribution in [0.2, 0.25) is 10.2 Å². The summed E-state index contributed by atoms with van der Waals surface area (Å²) in [5.41, 5.74) is 4.54. The topological polar surface area (TPSA) is 135 Å². The standard InChI is InChI=1S/C30H34Cl2FN5O4/c1-28(2)8-10-29(11-9-28)30(18-5-3-15(31)13-19(18)37-27(30)41)21(17-7-12-35-24(32)22(17)33)23(38-29)26(40)36-16-4-6-20(25(34)39)42-14-16/h3,5,7,12-13,16,20-21,23,38H,4,6,8-11,14H2,1-2H3,(H2,34,39)(H,36,40)(H,37,41). The number of anilines is 1. The molecule has 1 aliphatic carbocycles. The first-order valence-corrected chi connectivity index (χ1v) is 15.0. The van der Waals surface area contributed by atoms with E-state index in [0.29, 0.717) is 42.0 Å². The van der Waals surface area contributed by atoms with Gasteiger partial charge in [-0.05, 0) is 73.3 Å². The lowest BCUT2D eigenvalue weighted by atomic mass is 9.53. The van der Waals surface area contributed by atoms with Crippen LogP contribution in [0.5, 0.6) is 0 Å². The van der Waals surface area contributed by atoms with Gasteiger partial charge in [-0.25, -0.2) is 9.37 Å². The molecule has 0 radical (unpaired) electrons. The number of benzene rings is 1. The highest BCUT2D eigenvalue weighted by Gasteiger charge is 2.73. The zero-order chi connectivity index (χ0) is 30.0. The zero-order valence-electron chi connectivity index (χ0n) is 23.4. The molecule has 3 fully saturated rings. The molecular formula is C30H34Cl2FN5O4. The molecule has 5 N–H and O–H groups in total. The molecule has 1 aromatic carbocycles. The van der Waals surface area contributed by atoms with Crippen LogP contribution in [0.4, 0.5) is 10.1 Å². The number of aromatic nitrogens is 1. The van der Waals surface area contributed by atoms with Crippen LogP contribution in [0.15, 0.2) is 30.5 Å². The molecule has 0 bridgehead atoms. The maximum Gasteiger partial charge on any atom is 0.246 e. The number of carbonyl (C=O) groups is 3. The number of nitrogens with one attached hydrogen (secondary N) is 3. The number of halogens is 3. The average molecular weight is 619 g/mol. The molecule has 1 saturated carbocycles. The fraction of sp³-hybridized carbons (Fsp3) is 0.533. The van der Waals surface area contributed by atoms with E-state index in [1.54, 1.807) is 12.1 Å². The van der Waals surface area contributed by atoms with Crippen molar-refractivity contribution in [3.05, 3.63) is 57.6 Å². The summed E-state index contributed by atoms with van der Waals surface area (Å²) in [6, 6.07) is 5.34. The number of ether oxygens (including phenoxy) is 1. The Kier molecular flexibility index (Phi) is 7.28. The van der Waals surface area contributed by atoms with Crippen molar-refractivity contribution in [2.24, 2.45) is 11.1 Å². The van der Waals surface area contributed by atoms with Gasteiger partial charge in [-0.15, -0.1) is 0 Å². The highest BCUT2D eigenvalue weighted by molar-refractivity contribution is 6.31. The number of fused-ring (bicyclic) bond motifs is 3. The summed E-state index contributed by atoms with van der Waals surface area (Å²) >= 11 is 12.5. The second-order valence-corrected chi connectivity index (χ2v) is 13.6. The molecule has 3 amide bonds. The van der Waals surface area contributed by atoms with Gasteiger partial charge in [0.25, 0.3) is 0 Å². The van der Waals surface area contributed by atoms with E-state index in [4.69, 9.17) is 33.7 Å². The average Bonchev–Trinajstić information content (AvgIpc) is 3.40. The summed E-state index contributed by atoms with van der Waals surface area (Å²) in [5.74, 6) is -2.99. The van der Waals surface area contributed by atoms with E-state index in [1.165, 1.54) is 12.3 Å². The Morgan fingerprint density at radius 2 is 1.88 bits per heavy atom. The fourth-order valence-electron chi connectivity index (χ4n) is 7.71. The van der Waals surface area contributed by atoms with Gasteiger partial charge in [0.15, 0.2) is 11.0 Å². The van der Waals surface area contributed by atoms with E-state index in [2.05, 4.69) is 34.8 Å². The van der Waals surface area contributed by atoms with Crippen LogP contribution in [0, 0.1) is 11.2 Å². The number of hydrogen-bond donors (Lipinski definition) is 4. The minimum absolute atomic E-state index is 0.0312. The Bertz CT molecular complexity index is 1450. The maximum absolute atomic E-state index is 16.0. The first kappa shape index (κ1) is 29.3. The van der Waals surface area contributed by atoms with Gasteiger partial charge >= 0.3 is 0 Å². The van der Waals surface area contributed by atoms with E-state index in [0.717, 1.165) is 12.8 Å². The van der Waals surface area contributed by atoms with Crippen LogP contribution in [-0.4, -0.2) is 53.0 Å². The number of carbonyl (C=O) groups excluding carboxylic acids is 3. The molecule has 9 nitrogen and oxygen atoms in total. The SMILES string of the molecule is CC1(C)CCC2(CC1)NC(C(=O)NC1CCC(C(N)=O)OC1)C(c1ccnc(Cl)c1F)C21C(=O)Nc2cc(Cl)ccc21. The van der Waals surface area contributed by atoms with E-state index >= 15 is 4.39 Å². The van der Waals surface area contributed by atoms with Crippen molar-refractivity contribution in [2.75, 3.05) is 11.9 Å². The van der Waals surface area contributed by atoms with Gasteiger partial charge in [0, 0.05) is 28.4 Å². The molecule has 4 aliphatic rings. The summed E-state index contributed by atoms with van der Waals surface area (Å²) in [5, 5.41) is 9.81. The Hall–Kier alpha value is -2.79. The largest absolute Gasteiger partial charge is 0.367 e. The minimum Gasteiger partial charge on any atom is -0.367 e. The molecule has 5 atom stereocenters. The van der Waals surface area contributed by atoms with Gasteiger partial charge in [0.05, 0.1) is 18.7 Å². The summed E-state index contributed by atoms with van der Waals surface area (Å²) < 4.78 is 21.6. The lowest BCUT2D eigenvalue weighted by Crippen LogP contribution is -2.61. The van der Waals surface area contributed by atoms with Crippen molar-refractivity contribution in [2.45, 2.75) is 87.4 Å². The van der Waals surface area contributed by atoms with Crippen LogP contribution >= 0.6 is 23.2 Å². The van der Waals surface area contributed by atoms with Crippen molar-refractivity contribution in [3.63, 3.8) is 0 Å². The fourth-order valence-corrected chi connectivity index (χ4v) is 8.05. The second kappa shape index (κ2) is 10.4. The van der Waals surface area contributed by atoms with E-state index in [9.17, 15) is 14.4 Å². The van der Waals surface area contributed by atoms with Crippen molar-refractivity contribution >= 4 is 46.6 Å². The van der Waals surface area contributed by atoms with Gasteiger partial charge in [-0.2, -0.15) is 0 Å². The van der Waals surface area contributed by atoms with Crippen molar-refractivity contribution in [1.82, 2.24) is 15.6 Å². The lowest BCUT2D eigenvalue weighted by molar-refractivity contribution is -0.134. The number of nitrogens with two attached hydrogens (primary N) is 1. The van der Waals surface area contributed by atoms with Gasteiger partial charge in [-0.3, -0.25) is 19.7 Å². The van der Waals surface area contributed by atoms with Crippen LogP contribution in [0.1, 0.15) is 69.4 Å². The Morgan fingerprint density at radius 1 is 1.14 bits per heavy atom. The van der Waals surface area contributed by atoms with Crippen LogP contribution in [0.25, 0.3) is 0 Å². The lowest BCUT2D eigenvalue weighted by Gasteiger charge is -2.50. The molecule has 4 heterocycles. The predicted octanol–water partition coefficient (Wildman–Crippen LogP) is 3.96. The number of amides is 3. The highest BCUT2D eigenvalue weighted by Crippen LogP contribution is 2.64. The summed E-state index contributed by atoms with van der Waals surface area (Å²) in [7, 11) is 0. The predicted molar refractivity (Wildman–Crippen MR) is 156 cm³/mol. The number of primary amides is 1. The monoisotopic (exact) mass is 617 g/mol. The van der Waals surface area contributed by atoms with Crippen molar-refractivity contribution in [3.8, 4) is 0 Å². The summed E-state index contributed by atoms with van der Waals surface area (Å²) in [4.78, 5) is 44.2. The molecule has 6 rings (SSSR count). The number of hydrogen-bond acceptors (Lipinski definition) is 6. The molecule has 3 aliphatic heterocycles. The number of nitrogens with zero attached hydrogens (tertiary/aromatic N) is 1. The third-order valence-corrected chi connectivity index (χ3v) is 10.4. The normalized spacial score (nSPS) is 31.1. The molecule has 12 heteroatoms. The van der Waals surface area contributed by atoms with Gasteiger partial charge in [0.2, 0.25) is 17.7 Å². The molecule has 224 valence electrons. The summed E-state index contributed by atoms with van der Waals surface area (Å²) in [6.07, 6.45) is 4.31. The Labute approximate surface area is 253 Å². The van der Waals surface area contributed by atoms with Crippen LogP contribution in [0.3, 0.4) is 0 Å². The van der Waals surface area contributed by atoms with Crippen LogP contribution in [-0.2, 0) is 24.5 Å². The van der Waals surface area contributed by atoms with Gasteiger partial charge in [0.1, 0.15) is 11.5 Å². The highest BCUT2D eigenvalue weighted by atomic mass is 35.5. The molecule has 5 unspecified atom stereocenters. The Balaban J connectivity index is 1.49. The molecule has 2 spiro atoms. The first-order valence-electron chi connectivity index (χ1n) is 14.3. The molecule has 1 aromatic heterocycles. The summed E-state index contributed by atoms with van der Waals surface area (Å²) in [6.45, 7) is 4.49. The molecule has 2 saturated heterocycles. The van der Waals surface area contributed by atoms with E-state index < -0.39 is 46.6 Å².